The first-order valence-electron chi connectivity index (χ1n) is 7.00. The molecule has 0 aromatic heterocycles. The number of hydrogen-bond acceptors (Lipinski definition) is 2. The number of benzene rings is 2. The van der Waals surface area contributed by atoms with Crippen LogP contribution in [0.1, 0.15) is 11.1 Å². The molecule has 2 nitrogen and oxygen atoms in total. The van der Waals surface area contributed by atoms with Crippen LogP contribution in [-0.2, 0) is 12.1 Å². The summed E-state index contributed by atoms with van der Waals surface area (Å²) in [7, 11) is 0. The predicted molar refractivity (Wildman–Crippen MR) is 86.2 cm³/mol. The number of anilines is 1. The van der Waals surface area contributed by atoms with Crippen LogP contribution in [-0.4, -0.2) is 17.5 Å². The Morgan fingerprint density at radius 3 is 1.85 bits per heavy atom. The van der Waals surface area contributed by atoms with Crippen LogP contribution in [0.2, 0.25) is 10.0 Å². The number of halogens is 8. The van der Waals surface area contributed by atoms with E-state index < -0.39 is 23.5 Å². The van der Waals surface area contributed by atoms with Crippen LogP contribution in [0.15, 0.2) is 42.5 Å². The monoisotopic (exact) mass is 417 g/mol. The van der Waals surface area contributed by atoms with E-state index in [1.165, 1.54) is 6.07 Å². The molecule has 0 fully saturated rings. The van der Waals surface area contributed by atoms with Gasteiger partial charge in [0.25, 0.3) is 5.60 Å². The summed E-state index contributed by atoms with van der Waals surface area (Å²) in [5.41, 5.74) is -5.40. The van der Waals surface area contributed by atoms with E-state index in [9.17, 15) is 31.4 Å². The van der Waals surface area contributed by atoms with Crippen molar-refractivity contribution in [2.24, 2.45) is 0 Å². The highest BCUT2D eigenvalue weighted by Gasteiger charge is 2.71. The van der Waals surface area contributed by atoms with Crippen molar-refractivity contribution < 1.29 is 31.4 Å². The molecule has 0 radical (unpaired) electrons. The van der Waals surface area contributed by atoms with Gasteiger partial charge in [-0.25, -0.2) is 0 Å². The second-order valence-corrected chi connectivity index (χ2v) is 6.22. The van der Waals surface area contributed by atoms with Gasteiger partial charge in [-0.3, -0.25) is 0 Å². The lowest BCUT2D eigenvalue weighted by Crippen LogP contribution is -2.53. The topological polar surface area (TPSA) is 32.3 Å². The van der Waals surface area contributed by atoms with Gasteiger partial charge in [0.15, 0.2) is 0 Å². The smallest absolute Gasteiger partial charge is 0.381 e. The Kier molecular flexibility index (Phi) is 5.70. The van der Waals surface area contributed by atoms with E-state index in [0.29, 0.717) is 27.7 Å². The molecule has 0 aliphatic carbocycles. The van der Waals surface area contributed by atoms with Gasteiger partial charge < -0.3 is 10.4 Å². The molecule has 0 bridgehead atoms. The fourth-order valence-corrected chi connectivity index (χ4v) is 2.65. The molecule has 142 valence electrons. The third kappa shape index (κ3) is 4.02. The third-order valence-electron chi connectivity index (χ3n) is 3.62. The second-order valence-electron chi connectivity index (χ2n) is 5.37. The van der Waals surface area contributed by atoms with E-state index >= 15 is 0 Å². The average Bonchev–Trinajstić information content (AvgIpc) is 2.51. The average molecular weight is 418 g/mol. The Balaban J connectivity index is 2.22. The van der Waals surface area contributed by atoms with Crippen molar-refractivity contribution in [3.05, 3.63) is 63.6 Å². The molecule has 2 N–H and O–H groups in total. The van der Waals surface area contributed by atoms with Crippen LogP contribution in [0.5, 0.6) is 0 Å². The summed E-state index contributed by atoms with van der Waals surface area (Å²) in [5.74, 6) is 0. The minimum atomic E-state index is -5.92. The minimum Gasteiger partial charge on any atom is -0.381 e. The van der Waals surface area contributed by atoms with Crippen LogP contribution in [0.25, 0.3) is 0 Å². The summed E-state index contributed by atoms with van der Waals surface area (Å²) in [5, 5.41) is 12.9. The summed E-state index contributed by atoms with van der Waals surface area (Å²) >= 11 is 11.7. The van der Waals surface area contributed by atoms with Gasteiger partial charge in [-0.15, -0.1) is 0 Å². The SMILES string of the molecule is OC(c1ccc(NCc2ccc(Cl)cc2Cl)cc1)(C(F)(F)F)C(F)(F)F. The quantitative estimate of drug-likeness (QED) is 0.605. The molecular weight excluding hydrogens is 407 g/mol. The van der Waals surface area contributed by atoms with Gasteiger partial charge in [0.1, 0.15) is 0 Å². The molecule has 0 amide bonds. The fourth-order valence-electron chi connectivity index (χ4n) is 2.18. The van der Waals surface area contributed by atoms with Crippen LogP contribution in [0.3, 0.4) is 0 Å². The van der Waals surface area contributed by atoms with Crippen LogP contribution < -0.4 is 5.32 Å². The highest BCUT2D eigenvalue weighted by molar-refractivity contribution is 6.35. The molecule has 0 atom stereocenters. The first kappa shape index (κ1) is 20.7. The molecule has 0 saturated heterocycles. The van der Waals surface area contributed by atoms with Crippen molar-refractivity contribution in [2.75, 3.05) is 5.32 Å². The molecule has 2 aromatic carbocycles. The van der Waals surface area contributed by atoms with Crippen LogP contribution >= 0.6 is 23.2 Å². The van der Waals surface area contributed by atoms with Crippen LogP contribution in [0.4, 0.5) is 32.0 Å². The molecule has 0 saturated carbocycles. The Labute approximate surface area is 154 Å². The predicted octanol–water partition coefficient (Wildman–Crippen LogP) is 5.92. The Hall–Kier alpha value is -1.64. The number of hydrogen-bond donors (Lipinski definition) is 2. The number of aliphatic hydroxyl groups is 1. The first-order valence-corrected chi connectivity index (χ1v) is 7.76. The maximum absolute atomic E-state index is 12.8. The number of rotatable bonds is 4. The van der Waals surface area contributed by atoms with Crippen LogP contribution in [0, 0.1) is 0 Å². The fraction of sp³-hybridized carbons (Fsp3) is 0.250. The molecular formula is C16H11Cl2F6NO. The summed E-state index contributed by atoms with van der Waals surface area (Å²) in [6.07, 6.45) is -11.8. The van der Waals surface area contributed by atoms with E-state index in [0.717, 1.165) is 12.1 Å². The maximum atomic E-state index is 12.8. The molecule has 0 aliphatic rings. The zero-order chi connectivity index (χ0) is 19.8. The van der Waals surface area contributed by atoms with E-state index in [1.807, 2.05) is 0 Å². The molecule has 10 heteroatoms. The van der Waals surface area contributed by atoms with E-state index in [1.54, 1.807) is 12.1 Å². The summed E-state index contributed by atoms with van der Waals surface area (Å²) < 4.78 is 76.9. The van der Waals surface area contributed by atoms with Gasteiger partial charge in [0.2, 0.25) is 0 Å². The molecule has 0 aliphatic heterocycles. The minimum absolute atomic E-state index is 0.165. The van der Waals surface area contributed by atoms with E-state index in [4.69, 9.17) is 23.2 Å². The van der Waals surface area contributed by atoms with Crippen molar-refractivity contribution in [1.82, 2.24) is 0 Å². The Morgan fingerprint density at radius 1 is 0.846 bits per heavy atom. The largest absolute Gasteiger partial charge is 0.430 e. The summed E-state index contributed by atoms with van der Waals surface area (Å²) in [4.78, 5) is 0. The lowest BCUT2D eigenvalue weighted by Gasteiger charge is -2.32. The van der Waals surface area contributed by atoms with Crippen molar-refractivity contribution in [1.29, 1.82) is 0 Å². The number of alkyl halides is 6. The van der Waals surface area contributed by atoms with Crippen molar-refractivity contribution >= 4 is 28.9 Å². The first-order chi connectivity index (χ1) is 11.9. The zero-order valence-corrected chi connectivity index (χ0v) is 14.2. The maximum Gasteiger partial charge on any atom is 0.430 e. The van der Waals surface area contributed by atoms with Gasteiger partial charge >= 0.3 is 12.4 Å². The highest BCUT2D eigenvalue weighted by atomic mass is 35.5. The zero-order valence-electron chi connectivity index (χ0n) is 12.7. The molecule has 26 heavy (non-hydrogen) atoms. The molecule has 2 aromatic rings. The normalized spacial score (nSPS) is 13.0. The highest BCUT2D eigenvalue weighted by Crippen LogP contribution is 2.50. The van der Waals surface area contributed by atoms with E-state index in [-0.39, 0.29) is 12.2 Å². The van der Waals surface area contributed by atoms with Gasteiger partial charge in [-0.05, 0) is 29.8 Å². The Morgan fingerprint density at radius 2 is 1.38 bits per heavy atom. The molecule has 0 unspecified atom stereocenters. The number of nitrogens with one attached hydrogen (secondary N) is 1. The van der Waals surface area contributed by atoms with E-state index in [2.05, 4.69) is 5.32 Å². The summed E-state index contributed by atoms with van der Waals surface area (Å²) in [6.45, 7) is 0.165. The summed E-state index contributed by atoms with van der Waals surface area (Å²) in [6, 6.07) is 7.83. The van der Waals surface area contributed by atoms with Gasteiger partial charge in [-0.1, -0.05) is 41.4 Å². The third-order valence-corrected chi connectivity index (χ3v) is 4.21. The lowest BCUT2D eigenvalue weighted by atomic mass is 9.92. The van der Waals surface area contributed by atoms with Crippen molar-refractivity contribution in [3.8, 4) is 0 Å². The van der Waals surface area contributed by atoms with Gasteiger partial charge in [-0.2, -0.15) is 26.3 Å². The van der Waals surface area contributed by atoms with Crippen molar-refractivity contribution in [3.63, 3.8) is 0 Å². The van der Waals surface area contributed by atoms with Crippen molar-refractivity contribution in [2.45, 2.75) is 24.5 Å². The van der Waals surface area contributed by atoms with Gasteiger partial charge in [0, 0.05) is 27.8 Å². The molecule has 0 spiro atoms. The lowest BCUT2D eigenvalue weighted by molar-refractivity contribution is -0.376. The second kappa shape index (κ2) is 7.17. The van der Waals surface area contributed by atoms with Gasteiger partial charge in [0.05, 0.1) is 0 Å². The molecule has 2 rings (SSSR count). The standard InChI is InChI=1S/C16H11Cl2F6NO/c17-11-4-1-9(13(18)7-11)8-25-12-5-2-10(3-6-12)14(26,15(19,20)21)16(22,23)24/h1-7,25-26H,8H2. The molecule has 0 heterocycles. The Bertz CT molecular complexity index is 760.